The lowest BCUT2D eigenvalue weighted by Crippen LogP contribution is -2.22. The smallest absolute Gasteiger partial charge is 0.326 e. The first kappa shape index (κ1) is 33.2. The zero-order valence-electron chi connectivity index (χ0n) is 21.0. The molecule has 3 aromatic carbocycles. The molecule has 0 aliphatic heterocycles. The summed E-state index contributed by atoms with van der Waals surface area (Å²) in [6.45, 7) is 0. The van der Waals surface area contributed by atoms with Crippen LogP contribution in [0.5, 0.6) is 0 Å². The van der Waals surface area contributed by atoms with Gasteiger partial charge in [-0.25, -0.2) is 17.6 Å². The molecule has 1 aliphatic carbocycles. The van der Waals surface area contributed by atoms with E-state index < -0.39 is 103 Å². The molecule has 44 heavy (non-hydrogen) atoms. The zero-order chi connectivity index (χ0) is 32.9. The fourth-order valence-electron chi connectivity index (χ4n) is 4.20. The molecule has 2 atom stereocenters. The third-order valence-electron chi connectivity index (χ3n) is 6.32. The standard InChI is InChI=1S/C26H13Cl3F9N3O3/c27-18-10(22(42)40-15-4-3-13(31)20(19(15)33)41-24(44)21(34)35)6-9(7-14(18)32)39-23(43)17-16(25(17,28)29)8-1-2-12(30)11(5-8)26(36,37)38/h1-7,16-17,21H,(H,39,43)(H,40,42)(H,41,44)/t16-,17+/m0/s1. The molecule has 1 saturated carbocycles. The van der Waals surface area contributed by atoms with Crippen LogP contribution in [0, 0.1) is 29.2 Å². The topological polar surface area (TPSA) is 87.3 Å². The molecular formula is C26H13Cl3F9N3O3. The number of hydrogen-bond donors (Lipinski definition) is 3. The van der Waals surface area contributed by atoms with Gasteiger partial charge in [-0.2, -0.15) is 22.0 Å². The Balaban J connectivity index is 1.56. The Morgan fingerprint density at radius 1 is 0.841 bits per heavy atom. The van der Waals surface area contributed by atoms with E-state index in [1.165, 1.54) is 5.32 Å². The first-order valence-corrected chi connectivity index (χ1v) is 12.9. The molecule has 0 bridgehead atoms. The van der Waals surface area contributed by atoms with Gasteiger partial charge in [-0.05, 0) is 42.0 Å². The molecule has 0 heterocycles. The maximum atomic E-state index is 14.7. The molecule has 0 saturated heterocycles. The first-order valence-electron chi connectivity index (χ1n) is 11.8. The van der Waals surface area contributed by atoms with E-state index in [4.69, 9.17) is 34.8 Å². The fraction of sp³-hybridized carbons (Fsp3) is 0.192. The van der Waals surface area contributed by atoms with Gasteiger partial charge in [0.1, 0.15) is 27.5 Å². The number of rotatable bonds is 7. The monoisotopic (exact) mass is 691 g/mol. The number of alkyl halides is 7. The maximum Gasteiger partial charge on any atom is 0.419 e. The molecular weight excluding hydrogens is 680 g/mol. The van der Waals surface area contributed by atoms with Gasteiger partial charge in [0, 0.05) is 11.6 Å². The second-order valence-corrected chi connectivity index (χ2v) is 11.0. The number of hydrogen-bond acceptors (Lipinski definition) is 3. The van der Waals surface area contributed by atoms with Crippen molar-refractivity contribution in [2.45, 2.75) is 22.9 Å². The van der Waals surface area contributed by atoms with Crippen LogP contribution in [0.15, 0.2) is 42.5 Å². The average Bonchev–Trinajstić information content (AvgIpc) is 3.51. The number of amides is 3. The first-order chi connectivity index (χ1) is 20.3. The molecule has 18 heteroatoms. The molecule has 3 aromatic rings. The van der Waals surface area contributed by atoms with Crippen molar-refractivity contribution in [2.24, 2.45) is 5.92 Å². The predicted octanol–water partition coefficient (Wildman–Crippen LogP) is 7.90. The van der Waals surface area contributed by atoms with Crippen molar-refractivity contribution in [3.8, 4) is 0 Å². The van der Waals surface area contributed by atoms with Crippen molar-refractivity contribution in [2.75, 3.05) is 16.0 Å². The van der Waals surface area contributed by atoms with Crippen LogP contribution in [0.1, 0.15) is 27.4 Å². The quantitative estimate of drug-likeness (QED) is 0.174. The van der Waals surface area contributed by atoms with E-state index in [2.05, 4.69) is 5.32 Å². The van der Waals surface area contributed by atoms with Gasteiger partial charge in [0.15, 0.2) is 5.82 Å². The minimum Gasteiger partial charge on any atom is -0.326 e. The van der Waals surface area contributed by atoms with Gasteiger partial charge in [0.05, 0.1) is 27.8 Å². The summed E-state index contributed by atoms with van der Waals surface area (Å²) in [6, 6.07) is 4.54. The lowest BCUT2D eigenvalue weighted by atomic mass is 10.0. The Bertz CT molecular complexity index is 1690. The van der Waals surface area contributed by atoms with E-state index in [0.717, 1.165) is 12.1 Å². The highest BCUT2D eigenvalue weighted by Gasteiger charge is 2.67. The summed E-state index contributed by atoms with van der Waals surface area (Å²) in [5, 5.41) is 4.55. The average molecular weight is 693 g/mol. The molecule has 1 aliphatic rings. The minimum absolute atomic E-state index is 0.225. The summed E-state index contributed by atoms with van der Waals surface area (Å²) in [5.74, 6) is -13.1. The highest BCUT2D eigenvalue weighted by atomic mass is 35.5. The lowest BCUT2D eigenvalue weighted by molar-refractivity contribution is -0.140. The third kappa shape index (κ3) is 6.54. The lowest BCUT2D eigenvalue weighted by Gasteiger charge is -2.14. The Labute approximate surface area is 255 Å². The molecule has 1 fully saturated rings. The fourth-order valence-corrected chi connectivity index (χ4v) is 5.22. The number of halogens is 12. The summed E-state index contributed by atoms with van der Waals surface area (Å²) in [7, 11) is 0. The Morgan fingerprint density at radius 2 is 1.48 bits per heavy atom. The van der Waals surface area contributed by atoms with Gasteiger partial charge >= 0.3 is 12.6 Å². The van der Waals surface area contributed by atoms with Crippen molar-refractivity contribution >= 4 is 69.6 Å². The molecule has 0 unspecified atom stereocenters. The Morgan fingerprint density at radius 3 is 2.09 bits per heavy atom. The van der Waals surface area contributed by atoms with E-state index in [1.54, 1.807) is 0 Å². The van der Waals surface area contributed by atoms with Crippen LogP contribution < -0.4 is 16.0 Å². The van der Waals surface area contributed by atoms with E-state index in [9.17, 15) is 53.9 Å². The van der Waals surface area contributed by atoms with Gasteiger partial charge < -0.3 is 16.0 Å². The van der Waals surface area contributed by atoms with Crippen LogP contribution in [-0.4, -0.2) is 28.5 Å². The normalized spacial score (nSPS) is 17.3. The number of nitrogens with one attached hydrogen (secondary N) is 3. The summed E-state index contributed by atoms with van der Waals surface area (Å²) in [5.41, 5.74) is -5.19. The van der Waals surface area contributed by atoms with Crippen LogP contribution in [0.3, 0.4) is 0 Å². The van der Waals surface area contributed by atoms with Crippen LogP contribution >= 0.6 is 34.8 Å². The molecule has 3 N–H and O–H groups in total. The molecule has 234 valence electrons. The van der Waals surface area contributed by atoms with Crippen LogP contribution in [0.25, 0.3) is 0 Å². The van der Waals surface area contributed by atoms with Crippen molar-refractivity contribution in [1.29, 1.82) is 0 Å². The van der Waals surface area contributed by atoms with Gasteiger partial charge in [0.2, 0.25) is 5.91 Å². The van der Waals surface area contributed by atoms with Crippen molar-refractivity contribution in [3.05, 3.63) is 87.4 Å². The van der Waals surface area contributed by atoms with E-state index in [1.807, 2.05) is 5.32 Å². The maximum absolute atomic E-state index is 14.7. The second kappa shape index (κ2) is 12.0. The Kier molecular flexibility index (Phi) is 9.06. The van der Waals surface area contributed by atoms with Crippen molar-refractivity contribution in [3.63, 3.8) is 0 Å². The van der Waals surface area contributed by atoms with E-state index in [-0.39, 0.29) is 5.56 Å². The summed E-state index contributed by atoms with van der Waals surface area (Å²) < 4.78 is 120. The number of benzene rings is 3. The van der Waals surface area contributed by atoms with Crippen LogP contribution in [-0.2, 0) is 15.8 Å². The highest BCUT2D eigenvalue weighted by molar-refractivity contribution is 6.53. The molecule has 0 spiro atoms. The Hall–Kier alpha value is -3.69. The predicted molar refractivity (Wildman–Crippen MR) is 141 cm³/mol. The van der Waals surface area contributed by atoms with Crippen LogP contribution in [0.2, 0.25) is 5.02 Å². The number of carbonyl (C=O) groups is 3. The van der Waals surface area contributed by atoms with Gasteiger partial charge in [0.25, 0.3) is 11.8 Å². The second-order valence-electron chi connectivity index (χ2n) is 9.20. The minimum atomic E-state index is -5.07. The van der Waals surface area contributed by atoms with Gasteiger partial charge in [-0.3, -0.25) is 14.4 Å². The van der Waals surface area contributed by atoms with E-state index in [0.29, 0.717) is 30.3 Å². The number of carbonyl (C=O) groups excluding carboxylic acids is 3. The van der Waals surface area contributed by atoms with Crippen LogP contribution in [0.4, 0.5) is 56.6 Å². The molecule has 6 nitrogen and oxygen atoms in total. The molecule has 4 rings (SSSR count). The number of anilines is 3. The summed E-state index contributed by atoms with van der Waals surface area (Å²) >= 11 is 18.1. The summed E-state index contributed by atoms with van der Waals surface area (Å²) in [4.78, 5) is 36.9. The molecule has 3 amide bonds. The third-order valence-corrected chi connectivity index (χ3v) is 7.64. The largest absolute Gasteiger partial charge is 0.419 e. The zero-order valence-corrected chi connectivity index (χ0v) is 23.3. The van der Waals surface area contributed by atoms with Gasteiger partial charge in [-0.1, -0.05) is 17.7 Å². The SMILES string of the molecule is O=C(Nc1ccc(F)c(NC(=O)C(F)F)c1F)c1cc(NC(=O)[C@H]2[C@H](c3ccc(F)c(C(F)(F)F)c3)C2(Cl)Cl)cc(F)c1Cl. The van der Waals surface area contributed by atoms with Crippen molar-refractivity contribution < 1.29 is 53.9 Å². The molecule has 0 aromatic heterocycles. The van der Waals surface area contributed by atoms with E-state index >= 15 is 0 Å². The van der Waals surface area contributed by atoms with Gasteiger partial charge in [-0.15, -0.1) is 23.2 Å². The molecule has 0 radical (unpaired) electrons. The highest BCUT2D eigenvalue weighted by Crippen LogP contribution is 2.65. The van der Waals surface area contributed by atoms with Crippen molar-refractivity contribution in [1.82, 2.24) is 0 Å². The summed E-state index contributed by atoms with van der Waals surface area (Å²) in [6.07, 6.45) is -8.70.